The number of carbonyl (C=O) groups is 1. The van der Waals surface area contributed by atoms with Gasteiger partial charge in [-0.25, -0.2) is 0 Å². The van der Waals surface area contributed by atoms with Crippen molar-refractivity contribution in [1.82, 2.24) is 10.2 Å². The smallest absolute Gasteiger partial charge is 0.237 e. The van der Waals surface area contributed by atoms with Gasteiger partial charge in [0.15, 0.2) is 0 Å². The van der Waals surface area contributed by atoms with Gasteiger partial charge in [0, 0.05) is 12.6 Å². The zero-order valence-electron chi connectivity index (χ0n) is 13.7. The minimum absolute atomic E-state index is 0.0929. The van der Waals surface area contributed by atoms with Crippen LogP contribution in [0, 0.1) is 6.92 Å². The Morgan fingerprint density at radius 2 is 2.09 bits per heavy atom. The minimum atomic E-state index is -0.592. The maximum absolute atomic E-state index is 12.2. The molecule has 1 aliphatic heterocycles. The molecule has 2 fully saturated rings. The Morgan fingerprint density at radius 1 is 1.35 bits per heavy atom. The molecular formula is C18H26N2O3. The number of nitrogens with zero attached hydrogens (tertiary/aromatic N) is 1. The van der Waals surface area contributed by atoms with E-state index in [1.54, 1.807) is 0 Å². The Morgan fingerprint density at radius 3 is 2.78 bits per heavy atom. The first-order chi connectivity index (χ1) is 11.1. The molecule has 1 heterocycles. The van der Waals surface area contributed by atoms with E-state index in [1.165, 1.54) is 5.56 Å². The first kappa shape index (κ1) is 16.3. The van der Waals surface area contributed by atoms with Crippen LogP contribution < -0.4 is 10.1 Å². The molecule has 2 N–H and O–H groups in total. The van der Waals surface area contributed by atoms with Gasteiger partial charge in [-0.15, -0.1) is 0 Å². The lowest BCUT2D eigenvalue weighted by Gasteiger charge is -2.26. The fraction of sp³-hybridized carbons (Fsp3) is 0.611. The van der Waals surface area contributed by atoms with Crippen LogP contribution in [-0.4, -0.2) is 53.8 Å². The molecule has 1 aromatic carbocycles. The van der Waals surface area contributed by atoms with Crippen LogP contribution in [0.2, 0.25) is 0 Å². The van der Waals surface area contributed by atoms with E-state index in [-0.39, 0.29) is 18.6 Å². The van der Waals surface area contributed by atoms with Crippen molar-refractivity contribution in [2.75, 3.05) is 19.7 Å². The van der Waals surface area contributed by atoms with E-state index in [2.05, 4.69) is 10.2 Å². The van der Waals surface area contributed by atoms with Gasteiger partial charge in [-0.05, 0) is 51.3 Å². The Hall–Kier alpha value is -1.59. The third-order valence-corrected chi connectivity index (χ3v) is 4.50. The van der Waals surface area contributed by atoms with Crippen LogP contribution in [0.5, 0.6) is 5.75 Å². The number of hydrogen-bond donors (Lipinski definition) is 2. The Kier molecular flexibility index (Phi) is 5.18. The van der Waals surface area contributed by atoms with Crippen LogP contribution in [0.25, 0.3) is 0 Å². The van der Waals surface area contributed by atoms with Crippen LogP contribution >= 0.6 is 0 Å². The molecule has 5 heteroatoms. The van der Waals surface area contributed by atoms with Crippen molar-refractivity contribution in [3.8, 4) is 5.75 Å². The topological polar surface area (TPSA) is 61.8 Å². The highest BCUT2D eigenvalue weighted by Crippen LogP contribution is 2.22. The Balaban J connectivity index is 1.45. The number of ether oxygens (including phenoxy) is 1. The number of amides is 1. The van der Waals surface area contributed by atoms with E-state index in [0.29, 0.717) is 12.6 Å². The molecule has 0 spiro atoms. The van der Waals surface area contributed by atoms with Crippen LogP contribution in [0.15, 0.2) is 24.3 Å². The van der Waals surface area contributed by atoms with Gasteiger partial charge in [-0.2, -0.15) is 0 Å². The molecule has 0 bridgehead atoms. The maximum Gasteiger partial charge on any atom is 0.237 e. The van der Waals surface area contributed by atoms with E-state index in [0.717, 1.165) is 38.0 Å². The number of likely N-dealkylation sites (tertiary alicyclic amines) is 1. The molecule has 1 saturated heterocycles. The summed E-state index contributed by atoms with van der Waals surface area (Å²) in [5.74, 6) is 0.885. The first-order valence-corrected chi connectivity index (χ1v) is 8.54. The van der Waals surface area contributed by atoms with Crippen LogP contribution in [-0.2, 0) is 4.79 Å². The largest absolute Gasteiger partial charge is 0.491 e. The van der Waals surface area contributed by atoms with Crippen molar-refractivity contribution in [3.05, 3.63) is 29.8 Å². The molecule has 126 valence electrons. The number of aryl methyl sites for hydroxylation is 1. The van der Waals surface area contributed by atoms with E-state index < -0.39 is 6.10 Å². The monoisotopic (exact) mass is 318 g/mol. The summed E-state index contributed by atoms with van der Waals surface area (Å²) in [5.41, 5.74) is 1.18. The summed E-state index contributed by atoms with van der Waals surface area (Å²) < 4.78 is 5.63. The number of benzene rings is 1. The third kappa shape index (κ3) is 4.69. The van der Waals surface area contributed by atoms with Gasteiger partial charge in [-0.3, -0.25) is 9.69 Å². The molecule has 1 amide bonds. The molecule has 1 aliphatic carbocycles. The van der Waals surface area contributed by atoms with Crippen molar-refractivity contribution < 1.29 is 14.6 Å². The summed E-state index contributed by atoms with van der Waals surface area (Å²) >= 11 is 0. The number of carbonyl (C=O) groups excluding carboxylic acids is 1. The van der Waals surface area contributed by atoms with Crippen LogP contribution in [0.4, 0.5) is 0 Å². The summed E-state index contributed by atoms with van der Waals surface area (Å²) in [6, 6.07) is 8.08. The van der Waals surface area contributed by atoms with E-state index in [4.69, 9.17) is 4.74 Å². The van der Waals surface area contributed by atoms with E-state index in [9.17, 15) is 9.90 Å². The lowest BCUT2D eigenvalue weighted by molar-refractivity contribution is -0.126. The quantitative estimate of drug-likeness (QED) is 0.799. The second kappa shape index (κ2) is 7.32. The zero-order chi connectivity index (χ0) is 16.2. The zero-order valence-corrected chi connectivity index (χ0v) is 13.7. The van der Waals surface area contributed by atoms with Crippen molar-refractivity contribution in [2.45, 2.75) is 50.8 Å². The second-order valence-corrected chi connectivity index (χ2v) is 6.71. The molecule has 2 aliphatic rings. The average molecular weight is 318 g/mol. The van der Waals surface area contributed by atoms with E-state index >= 15 is 0 Å². The normalized spacial score (nSPS) is 22.8. The van der Waals surface area contributed by atoms with Gasteiger partial charge in [0.05, 0.1) is 6.04 Å². The summed E-state index contributed by atoms with van der Waals surface area (Å²) in [4.78, 5) is 14.3. The van der Waals surface area contributed by atoms with Gasteiger partial charge in [0.2, 0.25) is 5.91 Å². The van der Waals surface area contributed by atoms with Gasteiger partial charge in [0.1, 0.15) is 18.5 Å². The molecule has 0 aromatic heterocycles. The predicted octanol–water partition coefficient (Wildman–Crippen LogP) is 1.48. The number of nitrogens with one attached hydrogen (secondary N) is 1. The summed E-state index contributed by atoms with van der Waals surface area (Å²) in [7, 11) is 0. The second-order valence-electron chi connectivity index (χ2n) is 6.71. The molecule has 1 saturated carbocycles. The predicted molar refractivity (Wildman–Crippen MR) is 88.4 cm³/mol. The van der Waals surface area contributed by atoms with Crippen LogP contribution in [0.1, 0.15) is 31.2 Å². The highest BCUT2D eigenvalue weighted by atomic mass is 16.5. The lowest BCUT2D eigenvalue weighted by atomic mass is 10.2. The number of β-amino-alcohol motifs (C(OH)–C–C–N with tert-alkyl or cyclic N) is 1. The van der Waals surface area contributed by atoms with Gasteiger partial charge in [-0.1, -0.05) is 17.7 Å². The SMILES string of the molecule is Cc1ccc(OCC(O)CN2CCCC2C(=O)NC2CC2)cc1. The molecule has 3 rings (SSSR count). The van der Waals surface area contributed by atoms with Crippen molar-refractivity contribution >= 4 is 5.91 Å². The molecule has 2 atom stereocenters. The van der Waals surface area contributed by atoms with Crippen molar-refractivity contribution in [3.63, 3.8) is 0 Å². The molecule has 23 heavy (non-hydrogen) atoms. The molecule has 1 aromatic rings. The molecule has 5 nitrogen and oxygen atoms in total. The molecule has 0 radical (unpaired) electrons. The number of aliphatic hydroxyl groups excluding tert-OH is 1. The van der Waals surface area contributed by atoms with Gasteiger partial charge >= 0.3 is 0 Å². The lowest BCUT2D eigenvalue weighted by Crippen LogP contribution is -2.47. The Bertz CT molecular complexity index is 528. The van der Waals surface area contributed by atoms with Crippen molar-refractivity contribution in [2.24, 2.45) is 0 Å². The number of aliphatic hydroxyl groups is 1. The summed E-state index contributed by atoms with van der Waals surface area (Å²) in [5, 5.41) is 13.3. The fourth-order valence-electron chi connectivity index (χ4n) is 3.02. The van der Waals surface area contributed by atoms with Crippen LogP contribution in [0.3, 0.4) is 0 Å². The van der Waals surface area contributed by atoms with Crippen molar-refractivity contribution in [1.29, 1.82) is 0 Å². The summed E-state index contributed by atoms with van der Waals surface area (Å²) in [6.07, 6.45) is 3.50. The first-order valence-electron chi connectivity index (χ1n) is 8.54. The highest BCUT2D eigenvalue weighted by Gasteiger charge is 2.34. The Labute approximate surface area is 137 Å². The third-order valence-electron chi connectivity index (χ3n) is 4.50. The number of rotatable bonds is 7. The minimum Gasteiger partial charge on any atom is -0.491 e. The standard InChI is InChI=1S/C18H26N2O3/c1-13-4-8-16(9-5-13)23-12-15(21)11-20-10-2-3-17(20)18(22)19-14-6-7-14/h4-5,8-9,14-15,17,21H,2-3,6-7,10-12H2,1H3,(H,19,22). The van der Waals surface area contributed by atoms with Gasteiger partial charge in [0.25, 0.3) is 0 Å². The molecular weight excluding hydrogens is 292 g/mol. The average Bonchev–Trinajstić information content (AvgIpc) is 3.22. The van der Waals surface area contributed by atoms with E-state index in [1.807, 2.05) is 31.2 Å². The maximum atomic E-state index is 12.2. The summed E-state index contributed by atoms with van der Waals surface area (Å²) in [6.45, 7) is 3.62. The van der Waals surface area contributed by atoms with Gasteiger partial charge < -0.3 is 15.2 Å². The fourth-order valence-corrected chi connectivity index (χ4v) is 3.02. The number of hydrogen-bond acceptors (Lipinski definition) is 4. The highest BCUT2D eigenvalue weighted by molar-refractivity contribution is 5.82. The molecule has 2 unspecified atom stereocenters.